The van der Waals surface area contributed by atoms with Crippen molar-refractivity contribution in [1.29, 1.82) is 0 Å². The van der Waals surface area contributed by atoms with Crippen LogP contribution < -0.4 is 10.6 Å². The summed E-state index contributed by atoms with van der Waals surface area (Å²) in [7, 11) is 0.425. The van der Waals surface area contributed by atoms with Crippen molar-refractivity contribution in [3.8, 4) is 0 Å². The van der Waals surface area contributed by atoms with E-state index >= 15 is 0 Å². The molecule has 2 fully saturated rings. The molecule has 1 aromatic heterocycles. The quantitative estimate of drug-likeness (QED) is 0.239. The molecule has 2 aromatic rings. The number of rotatable bonds is 8. The van der Waals surface area contributed by atoms with Gasteiger partial charge in [-0.3, -0.25) is 23.6 Å². The van der Waals surface area contributed by atoms with Gasteiger partial charge in [-0.15, -0.1) is 0 Å². The first kappa shape index (κ1) is 25.4. The van der Waals surface area contributed by atoms with E-state index in [4.69, 9.17) is 4.74 Å². The predicted molar refractivity (Wildman–Crippen MR) is 137 cm³/mol. The lowest BCUT2D eigenvalue weighted by atomic mass is 9.98. The Morgan fingerprint density at radius 3 is 2.43 bits per heavy atom. The van der Waals surface area contributed by atoms with Gasteiger partial charge in [-0.1, -0.05) is 19.6 Å². The van der Waals surface area contributed by atoms with Gasteiger partial charge in [0.2, 0.25) is 5.91 Å². The number of benzene rings is 1. The van der Waals surface area contributed by atoms with Crippen molar-refractivity contribution in [2.75, 3.05) is 31.3 Å². The van der Waals surface area contributed by atoms with E-state index in [-0.39, 0.29) is 36.6 Å². The van der Waals surface area contributed by atoms with Crippen LogP contribution in [0.4, 0.5) is 5.69 Å². The van der Waals surface area contributed by atoms with E-state index in [1.54, 1.807) is 11.6 Å². The third kappa shape index (κ3) is 5.28. The standard InChI is InChI=1S/C25H36N4O5Si/c1-26-22-15-19(27-11-9-18(16-30)10-12-27)5-6-20(22)29(25(26)33)21-7-8-23(31)28(24(21)32)17-34-13-14-35(2,3)4/h5-6,15-16,18,21H,7-14,17H2,1-4H3. The number of aromatic nitrogens is 2. The normalized spacial score (nSPS) is 20.2. The summed E-state index contributed by atoms with van der Waals surface area (Å²) >= 11 is 0. The second kappa shape index (κ2) is 10.1. The minimum Gasteiger partial charge on any atom is -0.371 e. The summed E-state index contributed by atoms with van der Waals surface area (Å²) in [6, 6.07) is 6.04. The van der Waals surface area contributed by atoms with Crippen LogP contribution in [-0.4, -0.2) is 66.6 Å². The van der Waals surface area contributed by atoms with Crippen LogP contribution in [0.15, 0.2) is 23.0 Å². The zero-order chi connectivity index (χ0) is 25.3. The van der Waals surface area contributed by atoms with Crippen LogP contribution in [0.3, 0.4) is 0 Å². The average Bonchev–Trinajstić information content (AvgIpc) is 3.07. The Morgan fingerprint density at radius 2 is 1.77 bits per heavy atom. The molecule has 2 aliphatic rings. The summed E-state index contributed by atoms with van der Waals surface area (Å²) in [5, 5.41) is 0. The number of imidazole rings is 1. The first-order chi connectivity index (χ1) is 16.6. The molecule has 0 saturated carbocycles. The number of likely N-dealkylation sites (tertiary alicyclic amines) is 1. The molecule has 4 rings (SSSR count). The smallest absolute Gasteiger partial charge is 0.329 e. The fraction of sp³-hybridized carbons (Fsp3) is 0.600. The van der Waals surface area contributed by atoms with Gasteiger partial charge in [-0.05, 0) is 43.5 Å². The van der Waals surface area contributed by atoms with Crippen LogP contribution in [-0.2, 0) is 26.2 Å². The molecule has 2 amide bonds. The summed E-state index contributed by atoms with van der Waals surface area (Å²) < 4.78 is 8.79. The van der Waals surface area contributed by atoms with Gasteiger partial charge in [0.1, 0.15) is 19.1 Å². The second-order valence-electron chi connectivity index (χ2n) is 10.9. The molecule has 190 valence electrons. The van der Waals surface area contributed by atoms with Gasteiger partial charge in [0.25, 0.3) is 5.91 Å². The van der Waals surface area contributed by atoms with Crippen molar-refractivity contribution >= 4 is 42.9 Å². The van der Waals surface area contributed by atoms with E-state index in [0.29, 0.717) is 18.5 Å². The minimum absolute atomic E-state index is 0.0704. The predicted octanol–water partition coefficient (Wildman–Crippen LogP) is 2.76. The van der Waals surface area contributed by atoms with Crippen LogP contribution in [0.5, 0.6) is 0 Å². The molecule has 3 heterocycles. The molecule has 0 spiro atoms. The second-order valence-corrected chi connectivity index (χ2v) is 16.5. The Hall–Kier alpha value is -2.72. The lowest BCUT2D eigenvalue weighted by Gasteiger charge is -2.32. The number of piperidine rings is 2. The van der Waals surface area contributed by atoms with Gasteiger partial charge in [-0.2, -0.15) is 0 Å². The number of carbonyl (C=O) groups is 3. The van der Waals surface area contributed by atoms with E-state index in [1.807, 2.05) is 18.2 Å². The Bertz CT molecular complexity index is 1170. The maximum absolute atomic E-state index is 13.3. The summed E-state index contributed by atoms with van der Waals surface area (Å²) in [5.41, 5.74) is 2.14. The lowest BCUT2D eigenvalue weighted by molar-refractivity contribution is -0.157. The largest absolute Gasteiger partial charge is 0.371 e. The van der Waals surface area contributed by atoms with Crippen molar-refractivity contribution in [3.63, 3.8) is 0 Å². The summed E-state index contributed by atoms with van der Waals surface area (Å²) in [6.45, 7) is 8.76. The van der Waals surface area contributed by atoms with Gasteiger partial charge in [0, 0.05) is 52.8 Å². The monoisotopic (exact) mass is 500 g/mol. The van der Waals surface area contributed by atoms with Gasteiger partial charge >= 0.3 is 5.69 Å². The number of hydrogen-bond acceptors (Lipinski definition) is 6. The molecule has 2 saturated heterocycles. The minimum atomic E-state index is -1.28. The molecule has 0 bridgehead atoms. The van der Waals surface area contributed by atoms with E-state index in [0.717, 1.165) is 54.4 Å². The number of amides is 2. The van der Waals surface area contributed by atoms with Gasteiger partial charge in [0.05, 0.1) is 11.0 Å². The highest BCUT2D eigenvalue weighted by molar-refractivity contribution is 6.76. The van der Waals surface area contributed by atoms with Crippen molar-refractivity contribution < 1.29 is 19.1 Å². The van der Waals surface area contributed by atoms with E-state index in [1.165, 1.54) is 4.57 Å². The first-order valence-corrected chi connectivity index (χ1v) is 16.1. The topological polar surface area (TPSA) is 93.8 Å². The number of nitrogens with zero attached hydrogens (tertiary/aromatic N) is 4. The number of fused-ring (bicyclic) bond motifs is 1. The third-order valence-electron chi connectivity index (χ3n) is 7.18. The van der Waals surface area contributed by atoms with Crippen LogP contribution in [0, 0.1) is 5.92 Å². The fourth-order valence-corrected chi connectivity index (χ4v) is 5.63. The maximum atomic E-state index is 13.3. The number of anilines is 1. The lowest BCUT2D eigenvalue weighted by Crippen LogP contribution is -2.48. The number of imide groups is 1. The van der Waals surface area contributed by atoms with Gasteiger partial charge in [-0.25, -0.2) is 4.79 Å². The van der Waals surface area contributed by atoms with Gasteiger partial charge in [0.15, 0.2) is 0 Å². The molecule has 1 unspecified atom stereocenters. The van der Waals surface area contributed by atoms with Gasteiger partial charge < -0.3 is 14.4 Å². The van der Waals surface area contributed by atoms with Crippen molar-refractivity contribution in [3.05, 3.63) is 28.7 Å². The molecule has 0 aliphatic carbocycles. The summed E-state index contributed by atoms with van der Waals surface area (Å²) in [4.78, 5) is 53.6. The molecule has 35 heavy (non-hydrogen) atoms. The van der Waals surface area contributed by atoms with Crippen LogP contribution in [0.2, 0.25) is 25.7 Å². The highest BCUT2D eigenvalue weighted by atomic mass is 28.3. The van der Waals surface area contributed by atoms with Crippen LogP contribution in [0.25, 0.3) is 11.0 Å². The summed E-state index contributed by atoms with van der Waals surface area (Å²) in [6.07, 6.45) is 3.17. The van der Waals surface area contributed by atoms with Crippen LogP contribution >= 0.6 is 0 Å². The molecular formula is C25H36N4O5Si. The molecule has 0 radical (unpaired) electrons. The molecule has 10 heteroatoms. The number of ether oxygens (including phenoxy) is 1. The number of hydrogen-bond donors (Lipinski definition) is 0. The zero-order valence-corrected chi connectivity index (χ0v) is 22.2. The highest BCUT2D eigenvalue weighted by Gasteiger charge is 2.37. The van der Waals surface area contributed by atoms with E-state index < -0.39 is 14.1 Å². The Balaban J connectivity index is 1.56. The number of aldehydes is 1. The van der Waals surface area contributed by atoms with Crippen molar-refractivity contribution in [1.82, 2.24) is 14.0 Å². The molecule has 9 nitrogen and oxygen atoms in total. The molecule has 1 aromatic carbocycles. The Labute approximate surface area is 206 Å². The van der Waals surface area contributed by atoms with E-state index in [2.05, 4.69) is 24.5 Å². The zero-order valence-electron chi connectivity index (χ0n) is 21.2. The maximum Gasteiger partial charge on any atom is 0.329 e. The van der Waals surface area contributed by atoms with Crippen molar-refractivity contribution in [2.45, 2.75) is 57.4 Å². The molecule has 2 aliphatic heterocycles. The SMILES string of the molecule is Cn1c(=O)n(C2CCC(=O)N(COCC[Si](C)(C)C)C2=O)c2ccc(N3CCC(C=O)CC3)cc21. The highest BCUT2D eigenvalue weighted by Crippen LogP contribution is 2.30. The molecular weight excluding hydrogens is 464 g/mol. The van der Waals surface area contributed by atoms with Crippen LogP contribution in [0.1, 0.15) is 31.7 Å². The molecule has 0 N–H and O–H groups in total. The van der Waals surface area contributed by atoms with E-state index in [9.17, 15) is 19.2 Å². The fourth-order valence-electron chi connectivity index (χ4n) is 4.87. The Morgan fingerprint density at radius 1 is 1.06 bits per heavy atom. The molecule has 1 atom stereocenters. The first-order valence-electron chi connectivity index (χ1n) is 12.4. The summed E-state index contributed by atoms with van der Waals surface area (Å²) in [5.74, 6) is -0.527. The number of aryl methyl sites for hydroxylation is 1. The third-order valence-corrected chi connectivity index (χ3v) is 8.89. The Kier molecular flexibility index (Phi) is 7.32. The average molecular weight is 501 g/mol. The number of carbonyl (C=O) groups excluding carboxylic acids is 3. The van der Waals surface area contributed by atoms with Crippen molar-refractivity contribution in [2.24, 2.45) is 13.0 Å².